The second-order valence-corrected chi connectivity index (χ2v) is 4.02. The highest BCUT2D eigenvalue weighted by atomic mass is 32.2. The van der Waals surface area contributed by atoms with Crippen LogP contribution in [0.25, 0.3) is 0 Å². The Morgan fingerprint density at radius 3 is 3.15 bits per heavy atom. The molecular formula is C8H14N2O2S. The van der Waals surface area contributed by atoms with Gasteiger partial charge in [-0.15, -0.1) is 0 Å². The largest absolute Gasteiger partial charge is 0.375 e. The van der Waals surface area contributed by atoms with Gasteiger partial charge in [-0.05, 0) is 0 Å². The summed E-state index contributed by atoms with van der Waals surface area (Å²) < 4.78 is 4.66. The van der Waals surface area contributed by atoms with Crippen LogP contribution in [0.1, 0.15) is 6.92 Å². The Hall–Kier alpha value is -0.550. The number of hydrogen-bond donors (Lipinski definition) is 1. The summed E-state index contributed by atoms with van der Waals surface area (Å²) in [4.78, 5) is 11.0. The van der Waals surface area contributed by atoms with Crippen LogP contribution < -0.4 is 5.43 Å². The Labute approximate surface area is 82.1 Å². The van der Waals surface area contributed by atoms with Crippen molar-refractivity contribution in [1.29, 1.82) is 0 Å². The molecular weight excluding hydrogens is 188 g/mol. The zero-order valence-electron chi connectivity index (χ0n) is 7.87. The van der Waals surface area contributed by atoms with Gasteiger partial charge in [0.1, 0.15) is 6.61 Å². The number of carbonyl (C=O) groups excluding carboxylic acids is 1. The Morgan fingerprint density at radius 1 is 1.85 bits per heavy atom. The fourth-order valence-electron chi connectivity index (χ4n) is 1.02. The van der Waals surface area contributed by atoms with Crippen LogP contribution in [0, 0.1) is 5.92 Å². The number of carbonyl (C=O) groups is 1. The predicted octanol–water partition coefficient (Wildman–Crippen LogP) is 0.488. The van der Waals surface area contributed by atoms with E-state index in [1.54, 1.807) is 0 Å². The molecule has 1 rings (SSSR count). The van der Waals surface area contributed by atoms with Gasteiger partial charge in [0.15, 0.2) is 0 Å². The summed E-state index contributed by atoms with van der Waals surface area (Å²) in [6.07, 6.45) is 0. The van der Waals surface area contributed by atoms with Crippen LogP contribution in [0.2, 0.25) is 0 Å². The van der Waals surface area contributed by atoms with Gasteiger partial charge in [-0.1, -0.05) is 6.92 Å². The number of hydrazone groups is 1. The van der Waals surface area contributed by atoms with Gasteiger partial charge in [0.05, 0.1) is 5.71 Å². The van der Waals surface area contributed by atoms with Gasteiger partial charge < -0.3 is 4.74 Å². The Balaban J connectivity index is 2.34. The lowest BCUT2D eigenvalue weighted by atomic mass is 10.1. The highest BCUT2D eigenvalue weighted by molar-refractivity contribution is 8.00. The van der Waals surface area contributed by atoms with E-state index < -0.39 is 0 Å². The van der Waals surface area contributed by atoms with Crippen LogP contribution >= 0.6 is 11.8 Å². The molecule has 1 fully saturated rings. The summed E-state index contributed by atoms with van der Waals surface area (Å²) in [6, 6.07) is 0. The molecule has 0 saturated carbocycles. The van der Waals surface area contributed by atoms with Crippen molar-refractivity contribution in [2.75, 3.05) is 25.2 Å². The topological polar surface area (TPSA) is 50.7 Å². The average molecular weight is 202 g/mol. The van der Waals surface area contributed by atoms with Crippen LogP contribution in [-0.4, -0.2) is 36.8 Å². The highest BCUT2D eigenvalue weighted by Gasteiger charge is 2.18. The number of nitrogens with one attached hydrogen (secondary N) is 1. The summed E-state index contributed by atoms with van der Waals surface area (Å²) >= 11 is 1.84. The predicted molar refractivity (Wildman–Crippen MR) is 53.9 cm³/mol. The molecule has 1 amide bonds. The number of ether oxygens (including phenoxy) is 1. The second kappa shape index (κ2) is 5.24. The SMILES string of the molecule is COCC(=O)N/N=C1/CSCC1C. The zero-order chi connectivity index (χ0) is 9.68. The molecule has 0 spiro atoms. The number of nitrogens with zero attached hydrogens (tertiary/aromatic N) is 1. The Bertz CT molecular complexity index is 218. The summed E-state index contributed by atoms with van der Waals surface area (Å²) in [6.45, 7) is 2.18. The smallest absolute Gasteiger partial charge is 0.266 e. The van der Waals surface area contributed by atoms with Crippen molar-refractivity contribution >= 4 is 23.4 Å². The third-order valence-electron chi connectivity index (χ3n) is 1.79. The molecule has 1 aliphatic heterocycles. The summed E-state index contributed by atoms with van der Waals surface area (Å²) in [7, 11) is 1.49. The van der Waals surface area contributed by atoms with Crippen molar-refractivity contribution in [3.63, 3.8) is 0 Å². The first-order chi connectivity index (χ1) is 6.24. The molecule has 0 aliphatic carbocycles. The zero-order valence-corrected chi connectivity index (χ0v) is 8.69. The van der Waals surface area contributed by atoms with E-state index in [1.165, 1.54) is 7.11 Å². The van der Waals surface area contributed by atoms with E-state index in [0.717, 1.165) is 17.2 Å². The lowest BCUT2D eigenvalue weighted by Crippen LogP contribution is -2.25. The standard InChI is InChI=1S/C8H14N2O2S/c1-6-4-13-5-7(6)9-10-8(11)3-12-2/h6H,3-5H2,1-2H3,(H,10,11)/b9-7-. The van der Waals surface area contributed by atoms with E-state index in [4.69, 9.17) is 0 Å². The number of thioether (sulfide) groups is 1. The first kappa shape index (κ1) is 10.5. The van der Waals surface area contributed by atoms with Gasteiger partial charge in [0.2, 0.25) is 0 Å². The van der Waals surface area contributed by atoms with Gasteiger partial charge in [-0.2, -0.15) is 16.9 Å². The van der Waals surface area contributed by atoms with E-state index in [2.05, 4.69) is 22.2 Å². The average Bonchev–Trinajstić information content (AvgIpc) is 2.48. The molecule has 74 valence electrons. The molecule has 0 bridgehead atoms. The molecule has 0 aromatic heterocycles. The van der Waals surface area contributed by atoms with Gasteiger partial charge in [0, 0.05) is 24.5 Å². The minimum Gasteiger partial charge on any atom is -0.375 e. The molecule has 0 radical (unpaired) electrons. The van der Waals surface area contributed by atoms with E-state index in [-0.39, 0.29) is 12.5 Å². The second-order valence-electron chi connectivity index (χ2n) is 2.99. The minimum absolute atomic E-state index is 0.0678. The summed E-state index contributed by atoms with van der Waals surface area (Å²) in [5, 5.41) is 4.04. The maximum Gasteiger partial charge on any atom is 0.266 e. The van der Waals surface area contributed by atoms with Crippen molar-refractivity contribution in [1.82, 2.24) is 5.43 Å². The van der Waals surface area contributed by atoms with Crippen LogP contribution in [0.15, 0.2) is 5.10 Å². The van der Waals surface area contributed by atoms with E-state index in [0.29, 0.717) is 5.92 Å². The van der Waals surface area contributed by atoms with E-state index in [1.807, 2.05) is 11.8 Å². The maximum absolute atomic E-state index is 11.0. The molecule has 1 N–H and O–H groups in total. The highest BCUT2D eigenvalue weighted by Crippen LogP contribution is 2.20. The molecule has 4 nitrogen and oxygen atoms in total. The normalized spacial score (nSPS) is 25.1. The summed E-state index contributed by atoms with van der Waals surface area (Å²) in [5.74, 6) is 2.31. The van der Waals surface area contributed by atoms with Crippen LogP contribution in [0.3, 0.4) is 0 Å². The third-order valence-corrected chi connectivity index (χ3v) is 3.02. The van der Waals surface area contributed by atoms with Gasteiger partial charge in [-0.25, -0.2) is 5.43 Å². The quantitative estimate of drug-likeness (QED) is 0.678. The van der Waals surface area contributed by atoms with Gasteiger partial charge in [-0.3, -0.25) is 4.79 Å². The number of rotatable bonds is 3. The van der Waals surface area contributed by atoms with Crippen LogP contribution in [0.5, 0.6) is 0 Å². The maximum atomic E-state index is 11.0. The van der Waals surface area contributed by atoms with Crippen molar-refractivity contribution in [2.24, 2.45) is 11.0 Å². The molecule has 1 heterocycles. The fraction of sp³-hybridized carbons (Fsp3) is 0.750. The molecule has 0 aromatic rings. The number of amides is 1. The molecule has 1 unspecified atom stereocenters. The van der Waals surface area contributed by atoms with E-state index in [9.17, 15) is 4.79 Å². The lowest BCUT2D eigenvalue weighted by molar-refractivity contribution is -0.124. The van der Waals surface area contributed by atoms with Crippen molar-refractivity contribution in [3.05, 3.63) is 0 Å². The molecule has 13 heavy (non-hydrogen) atoms. The Morgan fingerprint density at radius 2 is 2.62 bits per heavy atom. The first-order valence-corrected chi connectivity index (χ1v) is 5.31. The van der Waals surface area contributed by atoms with Crippen molar-refractivity contribution in [3.8, 4) is 0 Å². The monoisotopic (exact) mass is 202 g/mol. The number of methoxy groups -OCH3 is 1. The molecule has 1 atom stereocenters. The molecule has 0 aromatic carbocycles. The van der Waals surface area contributed by atoms with Crippen LogP contribution in [0.4, 0.5) is 0 Å². The first-order valence-electron chi connectivity index (χ1n) is 4.16. The van der Waals surface area contributed by atoms with Gasteiger partial charge in [0.25, 0.3) is 5.91 Å². The minimum atomic E-state index is -0.195. The third kappa shape index (κ3) is 3.36. The van der Waals surface area contributed by atoms with Crippen molar-refractivity contribution in [2.45, 2.75) is 6.92 Å². The fourth-order valence-corrected chi connectivity index (χ4v) is 2.24. The van der Waals surface area contributed by atoms with Gasteiger partial charge >= 0.3 is 0 Å². The lowest BCUT2D eigenvalue weighted by Gasteiger charge is -2.02. The van der Waals surface area contributed by atoms with Crippen molar-refractivity contribution < 1.29 is 9.53 Å². The van der Waals surface area contributed by atoms with E-state index >= 15 is 0 Å². The summed E-state index contributed by atoms with van der Waals surface area (Å²) in [5.41, 5.74) is 3.53. The Kier molecular flexibility index (Phi) is 4.24. The van der Waals surface area contributed by atoms with Crippen LogP contribution in [-0.2, 0) is 9.53 Å². The molecule has 5 heteroatoms. The molecule has 1 aliphatic rings. The number of hydrogen-bond acceptors (Lipinski definition) is 4. The molecule has 1 saturated heterocycles.